The SMILES string of the molecule is Cc1cc(F)ccc1CCNCc1cccs1. The summed E-state index contributed by atoms with van der Waals surface area (Å²) in [7, 11) is 0. The zero-order valence-electron chi connectivity index (χ0n) is 9.87. The molecule has 2 rings (SSSR count). The number of hydrogen-bond acceptors (Lipinski definition) is 2. The lowest BCUT2D eigenvalue weighted by Crippen LogP contribution is -2.16. The molecule has 1 N–H and O–H groups in total. The Hall–Kier alpha value is -1.19. The van der Waals surface area contributed by atoms with Crippen LogP contribution < -0.4 is 5.32 Å². The second kappa shape index (κ2) is 5.94. The normalized spacial score (nSPS) is 10.7. The summed E-state index contributed by atoms with van der Waals surface area (Å²) in [4.78, 5) is 1.35. The zero-order chi connectivity index (χ0) is 12.1. The summed E-state index contributed by atoms with van der Waals surface area (Å²) in [5, 5.41) is 5.48. The maximum absolute atomic E-state index is 12.9. The van der Waals surface area contributed by atoms with E-state index in [1.165, 1.54) is 16.5 Å². The molecule has 0 aliphatic heterocycles. The van der Waals surface area contributed by atoms with Gasteiger partial charge in [0, 0.05) is 11.4 Å². The van der Waals surface area contributed by atoms with Crippen LogP contribution in [0.5, 0.6) is 0 Å². The topological polar surface area (TPSA) is 12.0 Å². The summed E-state index contributed by atoms with van der Waals surface area (Å²) in [6.45, 7) is 3.79. The Balaban J connectivity index is 1.78. The molecule has 0 fully saturated rings. The lowest BCUT2D eigenvalue weighted by atomic mass is 10.1. The molecular weight excluding hydrogens is 233 g/mol. The van der Waals surface area contributed by atoms with Crippen molar-refractivity contribution in [2.45, 2.75) is 19.9 Å². The second-order valence-electron chi connectivity index (χ2n) is 4.08. The molecule has 0 unspecified atom stereocenters. The molecule has 1 aromatic heterocycles. The van der Waals surface area contributed by atoms with Crippen molar-refractivity contribution in [1.29, 1.82) is 0 Å². The van der Waals surface area contributed by atoms with E-state index in [0.717, 1.165) is 25.1 Å². The van der Waals surface area contributed by atoms with Crippen LogP contribution in [-0.4, -0.2) is 6.54 Å². The van der Waals surface area contributed by atoms with Gasteiger partial charge in [-0.3, -0.25) is 0 Å². The highest BCUT2D eigenvalue weighted by molar-refractivity contribution is 7.09. The van der Waals surface area contributed by atoms with Crippen molar-refractivity contribution in [3.63, 3.8) is 0 Å². The van der Waals surface area contributed by atoms with Crippen LogP contribution in [0.3, 0.4) is 0 Å². The van der Waals surface area contributed by atoms with Crippen LogP contribution in [0.1, 0.15) is 16.0 Å². The van der Waals surface area contributed by atoms with Gasteiger partial charge in [-0.1, -0.05) is 12.1 Å². The van der Waals surface area contributed by atoms with Gasteiger partial charge in [0.25, 0.3) is 0 Å². The van der Waals surface area contributed by atoms with Crippen molar-refractivity contribution in [2.24, 2.45) is 0 Å². The van der Waals surface area contributed by atoms with Gasteiger partial charge in [-0.15, -0.1) is 11.3 Å². The molecule has 3 heteroatoms. The van der Waals surface area contributed by atoms with Crippen molar-refractivity contribution in [1.82, 2.24) is 5.32 Å². The molecule has 2 aromatic rings. The first kappa shape index (κ1) is 12.3. The van der Waals surface area contributed by atoms with Gasteiger partial charge in [0.1, 0.15) is 5.82 Å². The van der Waals surface area contributed by atoms with Crippen LogP contribution in [0.15, 0.2) is 35.7 Å². The van der Waals surface area contributed by atoms with Crippen LogP contribution in [0.4, 0.5) is 4.39 Å². The minimum Gasteiger partial charge on any atom is -0.312 e. The molecule has 0 aliphatic rings. The Labute approximate surface area is 105 Å². The number of benzene rings is 1. The Bertz CT molecular complexity index is 465. The van der Waals surface area contributed by atoms with Crippen molar-refractivity contribution < 1.29 is 4.39 Å². The highest BCUT2D eigenvalue weighted by atomic mass is 32.1. The van der Waals surface area contributed by atoms with Gasteiger partial charge in [0.15, 0.2) is 0 Å². The van der Waals surface area contributed by atoms with Crippen LogP contribution in [0.2, 0.25) is 0 Å². The molecule has 90 valence electrons. The van der Waals surface area contributed by atoms with Gasteiger partial charge in [0.2, 0.25) is 0 Å². The van der Waals surface area contributed by atoms with Gasteiger partial charge >= 0.3 is 0 Å². The standard InChI is InChI=1S/C14H16FNS/c1-11-9-13(15)5-4-12(11)6-7-16-10-14-3-2-8-17-14/h2-5,8-9,16H,6-7,10H2,1H3. The van der Waals surface area contributed by atoms with Gasteiger partial charge in [-0.25, -0.2) is 4.39 Å². The smallest absolute Gasteiger partial charge is 0.123 e. The summed E-state index contributed by atoms with van der Waals surface area (Å²) in [6.07, 6.45) is 0.942. The molecule has 1 nitrogen and oxygen atoms in total. The third kappa shape index (κ3) is 3.65. The van der Waals surface area contributed by atoms with Crippen molar-refractivity contribution in [3.05, 3.63) is 57.5 Å². The number of rotatable bonds is 5. The molecule has 0 bridgehead atoms. The van der Waals surface area contributed by atoms with E-state index in [-0.39, 0.29) is 5.82 Å². The van der Waals surface area contributed by atoms with Crippen LogP contribution >= 0.6 is 11.3 Å². The fourth-order valence-corrected chi connectivity index (χ4v) is 2.46. The summed E-state index contributed by atoms with van der Waals surface area (Å²) in [6, 6.07) is 9.18. The Kier molecular flexibility index (Phi) is 4.29. The van der Waals surface area contributed by atoms with E-state index < -0.39 is 0 Å². The molecule has 0 radical (unpaired) electrons. The van der Waals surface area contributed by atoms with E-state index in [0.29, 0.717) is 0 Å². The quantitative estimate of drug-likeness (QED) is 0.799. The van der Waals surface area contributed by atoms with E-state index in [9.17, 15) is 4.39 Å². The number of aryl methyl sites for hydroxylation is 1. The van der Waals surface area contributed by atoms with Gasteiger partial charge in [-0.2, -0.15) is 0 Å². The predicted molar refractivity (Wildman–Crippen MR) is 70.9 cm³/mol. The lowest BCUT2D eigenvalue weighted by molar-refractivity contribution is 0.624. The average Bonchev–Trinajstić information content (AvgIpc) is 2.79. The van der Waals surface area contributed by atoms with E-state index in [4.69, 9.17) is 0 Å². The largest absolute Gasteiger partial charge is 0.312 e. The van der Waals surface area contributed by atoms with Gasteiger partial charge in [0.05, 0.1) is 0 Å². The monoisotopic (exact) mass is 249 g/mol. The van der Waals surface area contributed by atoms with E-state index in [2.05, 4.69) is 22.8 Å². The Morgan fingerprint density at radius 3 is 2.88 bits per heavy atom. The van der Waals surface area contributed by atoms with E-state index in [1.54, 1.807) is 17.4 Å². The van der Waals surface area contributed by atoms with Crippen molar-refractivity contribution >= 4 is 11.3 Å². The maximum Gasteiger partial charge on any atom is 0.123 e. The molecule has 0 atom stereocenters. The molecule has 0 aliphatic carbocycles. The number of halogens is 1. The van der Waals surface area contributed by atoms with E-state index in [1.807, 2.05) is 13.0 Å². The summed E-state index contributed by atoms with van der Waals surface area (Å²) < 4.78 is 12.9. The van der Waals surface area contributed by atoms with E-state index >= 15 is 0 Å². The molecule has 0 spiro atoms. The third-order valence-electron chi connectivity index (χ3n) is 2.76. The minimum absolute atomic E-state index is 0.155. The Morgan fingerprint density at radius 2 is 2.18 bits per heavy atom. The summed E-state index contributed by atoms with van der Waals surface area (Å²) in [5.74, 6) is -0.155. The highest BCUT2D eigenvalue weighted by Crippen LogP contribution is 2.11. The van der Waals surface area contributed by atoms with Crippen LogP contribution in [-0.2, 0) is 13.0 Å². The second-order valence-corrected chi connectivity index (χ2v) is 5.11. The maximum atomic E-state index is 12.9. The van der Waals surface area contributed by atoms with Gasteiger partial charge < -0.3 is 5.32 Å². The average molecular weight is 249 g/mol. The molecular formula is C14H16FNS. The van der Waals surface area contributed by atoms with Crippen molar-refractivity contribution in [3.8, 4) is 0 Å². The predicted octanol–water partition coefficient (Wildman–Crippen LogP) is 3.53. The molecule has 1 aromatic carbocycles. The van der Waals surface area contributed by atoms with Crippen molar-refractivity contribution in [2.75, 3.05) is 6.54 Å². The number of nitrogens with one attached hydrogen (secondary N) is 1. The Morgan fingerprint density at radius 1 is 1.29 bits per heavy atom. The summed E-state index contributed by atoms with van der Waals surface area (Å²) >= 11 is 1.76. The highest BCUT2D eigenvalue weighted by Gasteiger charge is 2.00. The molecule has 0 saturated carbocycles. The molecule has 0 saturated heterocycles. The van der Waals surface area contributed by atoms with Gasteiger partial charge in [-0.05, 0) is 54.6 Å². The van der Waals surface area contributed by atoms with Crippen LogP contribution in [0, 0.1) is 12.7 Å². The lowest BCUT2D eigenvalue weighted by Gasteiger charge is -2.06. The fourth-order valence-electron chi connectivity index (χ4n) is 1.79. The molecule has 1 heterocycles. The zero-order valence-corrected chi connectivity index (χ0v) is 10.7. The number of thiophene rings is 1. The third-order valence-corrected chi connectivity index (χ3v) is 3.63. The first-order chi connectivity index (χ1) is 8.25. The fraction of sp³-hybridized carbons (Fsp3) is 0.286. The first-order valence-corrected chi connectivity index (χ1v) is 6.62. The molecule has 17 heavy (non-hydrogen) atoms. The minimum atomic E-state index is -0.155. The number of hydrogen-bond donors (Lipinski definition) is 1. The first-order valence-electron chi connectivity index (χ1n) is 5.74. The summed E-state index contributed by atoms with van der Waals surface area (Å²) in [5.41, 5.74) is 2.24. The molecule has 0 amide bonds. The van der Waals surface area contributed by atoms with Crippen LogP contribution in [0.25, 0.3) is 0 Å².